The van der Waals surface area contributed by atoms with Gasteiger partial charge in [0.15, 0.2) is 0 Å². The molecule has 2 heterocycles. The second-order valence-electron chi connectivity index (χ2n) is 4.99. The minimum atomic E-state index is -3.37. The van der Waals surface area contributed by atoms with E-state index in [1.807, 2.05) is 25.6 Å². The smallest absolute Gasteiger partial charge is 0.244 e. The van der Waals surface area contributed by atoms with Crippen LogP contribution >= 0.6 is 0 Å². The van der Waals surface area contributed by atoms with Crippen molar-refractivity contribution in [3.05, 3.63) is 29.6 Å². The number of aromatic nitrogens is 1. The Morgan fingerprint density at radius 1 is 1.42 bits per heavy atom. The van der Waals surface area contributed by atoms with Crippen LogP contribution in [0, 0.1) is 0 Å². The molecule has 0 unspecified atom stereocenters. The number of hydrogen-bond acceptors (Lipinski definition) is 3. The van der Waals surface area contributed by atoms with E-state index in [0.717, 1.165) is 17.7 Å². The van der Waals surface area contributed by atoms with E-state index in [9.17, 15) is 8.42 Å². The standard InChI is InChI=1S/C13H21N3O2S/c1-11-5-4-6-16(9-11)19(17,18)13-7-12(8-14-2)15(3)10-13/h5,7,10,14H,4,6,8-9H2,1-3H3. The summed E-state index contributed by atoms with van der Waals surface area (Å²) in [5, 5.41) is 3.04. The predicted octanol–water partition coefficient (Wildman–Crippen LogP) is 1.09. The molecule has 0 spiro atoms. The second kappa shape index (κ2) is 5.48. The number of aryl methyl sites for hydroxylation is 1. The van der Waals surface area contributed by atoms with Crippen LogP contribution in [0.3, 0.4) is 0 Å². The first-order chi connectivity index (χ1) is 8.95. The van der Waals surface area contributed by atoms with Crippen molar-refractivity contribution in [2.75, 3.05) is 20.1 Å². The summed E-state index contributed by atoms with van der Waals surface area (Å²) in [6, 6.07) is 1.75. The average molecular weight is 283 g/mol. The molecule has 0 bridgehead atoms. The molecule has 19 heavy (non-hydrogen) atoms. The molecule has 0 aliphatic carbocycles. The molecule has 2 rings (SSSR count). The predicted molar refractivity (Wildman–Crippen MR) is 75.3 cm³/mol. The summed E-state index contributed by atoms with van der Waals surface area (Å²) in [4.78, 5) is 0.384. The summed E-state index contributed by atoms with van der Waals surface area (Å²) < 4.78 is 28.5. The van der Waals surface area contributed by atoms with Gasteiger partial charge >= 0.3 is 0 Å². The van der Waals surface area contributed by atoms with Crippen LogP contribution in [0.15, 0.2) is 28.8 Å². The van der Waals surface area contributed by atoms with Crippen molar-refractivity contribution >= 4 is 10.0 Å². The summed E-state index contributed by atoms with van der Waals surface area (Å²) in [7, 11) is 0.344. The van der Waals surface area contributed by atoms with Gasteiger partial charge in [-0.1, -0.05) is 11.6 Å². The van der Waals surface area contributed by atoms with Gasteiger partial charge in [0.25, 0.3) is 0 Å². The zero-order valence-electron chi connectivity index (χ0n) is 11.7. The van der Waals surface area contributed by atoms with Crippen molar-refractivity contribution in [1.82, 2.24) is 14.2 Å². The normalized spacial score (nSPS) is 17.5. The summed E-state index contributed by atoms with van der Waals surface area (Å²) in [6.45, 7) is 3.69. The first-order valence-electron chi connectivity index (χ1n) is 6.41. The Hall–Kier alpha value is -1.11. The first kappa shape index (κ1) is 14.3. The molecule has 0 saturated heterocycles. The van der Waals surface area contributed by atoms with E-state index < -0.39 is 10.0 Å². The molecule has 0 aromatic carbocycles. The fourth-order valence-electron chi connectivity index (χ4n) is 2.31. The lowest BCUT2D eigenvalue weighted by Gasteiger charge is -2.24. The molecule has 0 fully saturated rings. The number of hydrogen-bond donors (Lipinski definition) is 1. The molecule has 1 aliphatic rings. The third kappa shape index (κ3) is 2.91. The van der Waals surface area contributed by atoms with Crippen LogP contribution < -0.4 is 5.32 Å². The molecule has 5 nitrogen and oxygen atoms in total. The lowest BCUT2D eigenvalue weighted by Crippen LogP contribution is -2.35. The fraction of sp³-hybridized carbons (Fsp3) is 0.538. The average Bonchev–Trinajstić information content (AvgIpc) is 2.72. The first-order valence-corrected chi connectivity index (χ1v) is 7.85. The van der Waals surface area contributed by atoms with Gasteiger partial charge in [0.05, 0.1) is 0 Å². The van der Waals surface area contributed by atoms with Gasteiger partial charge in [-0.05, 0) is 26.5 Å². The van der Waals surface area contributed by atoms with Gasteiger partial charge in [-0.25, -0.2) is 8.42 Å². The van der Waals surface area contributed by atoms with Crippen molar-refractivity contribution < 1.29 is 8.42 Å². The van der Waals surface area contributed by atoms with Crippen LogP contribution in [-0.4, -0.2) is 37.4 Å². The summed E-state index contributed by atoms with van der Waals surface area (Å²) in [5.74, 6) is 0. The van der Waals surface area contributed by atoms with Crippen molar-refractivity contribution in [1.29, 1.82) is 0 Å². The van der Waals surface area contributed by atoms with Gasteiger partial charge < -0.3 is 9.88 Å². The minimum Gasteiger partial charge on any atom is -0.352 e. The zero-order chi connectivity index (χ0) is 14.0. The zero-order valence-corrected chi connectivity index (χ0v) is 12.5. The largest absolute Gasteiger partial charge is 0.352 e. The van der Waals surface area contributed by atoms with Crippen molar-refractivity contribution in [2.24, 2.45) is 7.05 Å². The molecular weight excluding hydrogens is 262 g/mol. The lowest BCUT2D eigenvalue weighted by molar-refractivity contribution is 0.428. The van der Waals surface area contributed by atoms with E-state index in [1.54, 1.807) is 16.6 Å². The maximum absolute atomic E-state index is 12.6. The van der Waals surface area contributed by atoms with Crippen LogP contribution in [0.1, 0.15) is 19.0 Å². The summed E-state index contributed by atoms with van der Waals surface area (Å²) >= 11 is 0. The highest BCUT2D eigenvalue weighted by molar-refractivity contribution is 7.89. The van der Waals surface area contributed by atoms with Crippen LogP contribution in [0.2, 0.25) is 0 Å². The fourth-order valence-corrected chi connectivity index (χ4v) is 3.90. The summed E-state index contributed by atoms with van der Waals surface area (Å²) in [6.07, 6.45) is 4.58. The molecule has 6 heteroatoms. The Labute approximate surface area is 115 Å². The maximum Gasteiger partial charge on any atom is 0.244 e. The highest BCUT2D eigenvalue weighted by atomic mass is 32.2. The molecule has 0 amide bonds. The summed E-state index contributed by atoms with van der Waals surface area (Å²) in [5.41, 5.74) is 2.08. The van der Waals surface area contributed by atoms with E-state index in [1.165, 1.54) is 0 Å². The lowest BCUT2D eigenvalue weighted by atomic mass is 10.2. The van der Waals surface area contributed by atoms with E-state index in [4.69, 9.17) is 0 Å². The topological polar surface area (TPSA) is 54.3 Å². The Kier molecular flexibility index (Phi) is 4.13. The molecule has 106 valence electrons. The molecule has 0 radical (unpaired) electrons. The Morgan fingerprint density at radius 3 is 2.79 bits per heavy atom. The van der Waals surface area contributed by atoms with Crippen molar-refractivity contribution in [3.8, 4) is 0 Å². The highest BCUT2D eigenvalue weighted by Gasteiger charge is 2.27. The molecule has 1 aromatic rings. The molecule has 0 atom stereocenters. The number of sulfonamides is 1. The van der Waals surface area contributed by atoms with Gasteiger partial charge in [0.1, 0.15) is 4.90 Å². The van der Waals surface area contributed by atoms with E-state index in [-0.39, 0.29) is 0 Å². The SMILES string of the molecule is CNCc1cc(S(=O)(=O)N2CCC=C(C)C2)cn1C. The highest BCUT2D eigenvalue weighted by Crippen LogP contribution is 2.22. The minimum absolute atomic E-state index is 0.384. The van der Waals surface area contributed by atoms with Gasteiger partial charge in [0, 0.05) is 38.6 Å². The second-order valence-corrected chi connectivity index (χ2v) is 6.92. The van der Waals surface area contributed by atoms with E-state index >= 15 is 0 Å². The molecule has 1 N–H and O–H groups in total. The van der Waals surface area contributed by atoms with Crippen molar-refractivity contribution in [2.45, 2.75) is 24.8 Å². The monoisotopic (exact) mass is 283 g/mol. The van der Waals surface area contributed by atoms with Crippen molar-refractivity contribution in [3.63, 3.8) is 0 Å². The van der Waals surface area contributed by atoms with Crippen LogP contribution in [-0.2, 0) is 23.6 Å². The molecule has 0 saturated carbocycles. The Morgan fingerprint density at radius 2 is 2.16 bits per heavy atom. The van der Waals surface area contributed by atoms with Gasteiger partial charge in [0.2, 0.25) is 10.0 Å². The molecular formula is C13H21N3O2S. The van der Waals surface area contributed by atoms with Gasteiger partial charge in [-0.2, -0.15) is 4.31 Å². The molecule has 1 aliphatic heterocycles. The van der Waals surface area contributed by atoms with Crippen LogP contribution in [0.4, 0.5) is 0 Å². The number of nitrogens with one attached hydrogen (secondary N) is 1. The van der Waals surface area contributed by atoms with E-state index in [2.05, 4.69) is 11.4 Å². The third-order valence-corrected chi connectivity index (χ3v) is 5.19. The quantitative estimate of drug-likeness (QED) is 0.842. The number of rotatable bonds is 4. The Balaban J connectivity index is 2.29. The number of nitrogens with zero attached hydrogens (tertiary/aromatic N) is 2. The van der Waals surface area contributed by atoms with Gasteiger partial charge in [-0.15, -0.1) is 0 Å². The maximum atomic E-state index is 12.6. The van der Waals surface area contributed by atoms with E-state index in [0.29, 0.717) is 24.5 Å². The molecule has 1 aromatic heterocycles. The Bertz CT molecular complexity index is 587. The van der Waals surface area contributed by atoms with Crippen LogP contribution in [0.25, 0.3) is 0 Å². The van der Waals surface area contributed by atoms with Gasteiger partial charge in [-0.3, -0.25) is 0 Å². The third-order valence-electron chi connectivity index (χ3n) is 3.38. The van der Waals surface area contributed by atoms with Crippen LogP contribution in [0.5, 0.6) is 0 Å².